The van der Waals surface area contributed by atoms with Gasteiger partial charge in [-0.25, -0.2) is 9.78 Å². The van der Waals surface area contributed by atoms with E-state index >= 15 is 0 Å². The molecule has 3 aromatic rings. The predicted molar refractivity (Wildman–Crippen MR) is 125 cm³/mol. The van der Waals surface area contributed by atoms with Crippen molar-refractivity contribution in [3.63, 3.8) is 0 Å². The number of likely N-dealkylation sites (tertiary alicyclic amines) is 1. The third-order valence-corrected chi connectivity index (χ3v) is 6.07. The molecule has 1 unspecified atom stereocenters. The fraction of sp³-hybridized carbons (Fsp3) is 0.308. The minimum atomic E-state index is -0.0410. The van der Waals surface area contributed by atoms with Crippen LogP contribution in [0, 0.1) is 0 Å². The molecule has 1 aromatic heterocycles. The van der Waals surface area contributed by atoms with Gasteiger partial charge in [-0.05, 0) is 25.3 Å². The molecule has 5 heteroatoms. The van der Waals surface area contributed by atoms with E-state index in [1.807, 2.05) is 54.4 Å². The van der Waals surface area contributed by atoms with Crippen LogP contribution in [0.15, 0.2) is 85.8 Å². The number of nitrogens with zero attached hydrogens (tertiary/aromatic N) is 4. The third-order valence-electron chi connectivity index (χ3n) is 6.07. The normalized spacial score (nSPS) is 16.0. The Balaban J connectivity index is 1.45. The molecule has 0 aliphatic carbocycles. The minimum Gasteiger partial charge on any atom is -0.315 e. The molecule has 0 radical (unpaired) electrons. The van der Waals surface area contributed by atoms with Crippen molar-refractivity contribution < 1.29 is 4.79 Å². The Bertz CT molecular complexity index is 991. The van der Waals surface area contributed by atoms with Crippen molar-refractivity contribution >= 4 is 6.03 Å². The van der Waals surface area contributed by atoms with Crippen molar-refractivity contribution in [2.75, 3.05) is 13.1 Å². The van der Waals surface area contributed by atoms with Gasteiger partial charge in [0.2, 0.25) is 0 Å². The molecule has 1 amide bonds. The van der Waals surface area contributed by atoms with Crippen molar-refractivity contribution in [2.24, 2.45) is 0 Å². The maximum absolute atomic E-state index is 13.4. The highest BCUT2D eigenvalue weighted by Crippen LogP contribution is 2.23. The zero-order chi connectivity index (χ0) is 21.6. The van der Waals surface area contributed by atoms with Gasteiger partial charge in [-0.3, -0.25) is 9.47 Å². The average Bonchev–Trinajstić information content (AvgIpc) is 3.32. The Morgan fingerprint density at radius 1 is 1.13 bits per heavy atom. The largest absolute Gasteiger partial charge is 0.330 e. The maximum Gasteiger partial charge on any atom is 0.330 e. The summed E-state index contributed by atoms with van der Waals surface area (Å²) in [4.78, 5) is 22.4. The lowest BCUT2D eigenvalue weighted by Gasteiger charge is -2.40. The molecule has 4 rings (SSSR count). The van der Waals surface area contributed by atoms with Gasteiger partial charge in [0.25, 0.3) is 0 Å². The number of hydrogen-bond acceptors (Lipinski definition) is 3. The zero-order valence-electron chi connectivity index (χ0n) is 18.1. The summed E-state index contributed by atoms with van der Waals surface area (Å²) in [5, 5.41) is 0. The molecule has 2 aromatic carbocycles. The van der Waals surface area contributed by atoms with Gasteiger partial charge in [-0.15, -0.1) is 6.58 Å². The molecule has 5 nitrogen and oxygen atoms in total. The van der Waals surface area contributed by atoms with Gasteiger partial charge in [0.05, 0.1) is 5.69 Å². The molecular weight excluding hydrogens is 384 g/mol. The van der Waals surface area contributed by atoms with Crippen LogP contribution in [0.2, 0.25) is 0 Å². The fourth-order valence-electron chi connectivity index (χ4n) is 4.29. The second kappa shape index (κ2) is 9.75. The van der Waals surface area contributed by atoms with Crippen LogP contribution in [0.25, 0.3) is 11.3 Å². The van der Waals surface area contributed by atoms with Gasteiger partial charge >= 0.3 is 6.03 Å². The number of piperidine rings is 1. The van der Waals surface area contributed by atoms with Crippen LogP contribution in [0.3, 0.4) is 0 Å². The van der Waals surface area contributed by atoms with Gasteiger partial charge in [-0.1, -0.05) is 66.7 Å². The highest BCUT2D eigenvalue weighted by atomic mass is 16.2. The Kier molecular flexibility index (Phi) is 6.63. The zero-order valence-corrected chi connectivity index (χ0v) is 18.1. The van der Waals surface area contributed by atoms with Crippen LogP contribution in [0.4, 0.5) is 4.79 Å². The molecule has 31 heavy (non-hydrogen) atoms. The molecule has 2 heterocycles. The summed E-state index contributed by atoms with van der Waals surface area (Å²) >= 11 is 0. The van der Waals surface area contributed by atoms with E-state index in [1.165, 1.54) is 5.56 Å². The first-order chi connectivity index (χ1) is 15.2. The maximum atomic E-state index is 13.4. The summed E-state index contributed by atoms with van der Waals surface area (Å²) in [5.74, 6) is 0. The van der Waals surface area contributed by atoms with E-state index in [0.717, 1.165) is 43.7 Å². The topological polar surface area (TPSA) is 41.4 Å². The number of benzene rings is 2. The second-order valence-corrected chi connectivity index (χ2v) is 8.19. The number of carbonyl (C=O) groups is 1. The first-order valence-corrected chi connectivity index (χ1v) is 11.0. The van der Waals surface area contributed by atoms with E-state index in [2.05, 4.69) is 46.8 Å². The van der Waals surface area contributed by atoms with Crippen molar-refractivity contribution in [3.05, 3.63) is 91.4 Å². The van der Waals surface area contributed by atoms with Crippen LogP contribution in [-0.2, 0) is 6.54 Å². The molecule has 0 bridgehead atoms. The molecule has 1 fully saturated rings. The standard InChI is InChI=1S/C26H30N4O/c1-3-21(2)30(24-14-16-28(17-15-24)18-22-10-6-4-7-11-22)26(31)29-19-25(27-20-29)23-12-8-5-9-13-23/h3-13,19-21,24H,1,14-18H2,2H3. The number of amides is 1. The lowest BCUT2D eigenvalue weighted by Crippen LogP contribution is -2.51. The molecule has 1 aliphatic rings. The molecule has 160 valence electrons. The van der Waals surface area contributed by atoms with E-state index in [-0.39, 0.29) is 18.1 Å². The van der Waals surface area contributed by atoms with Crippen LogP contribution < -0.4 is 0 Å². The highest BCUT2D eigenvalue weighted by Gasteiger charge is 2.31. The number of carbonyl (C=O) groups excluding carboxylic acids is 1. The molecule has 1 aliphatic heterocycles. The molecule has 0 saturated carbocycles. The summed E-state index contributed by atoms with van der Waals surface area (Å²) in [6.07, 6.45) is 7.21. The first kappa shape index (κ1) is 21.1. The fourth-order valence-corrected chi connectivity index (χ4v) is 4.29. The lowest BCUT2D eigenvalue weighted by atomic mass is 10.0. The van der Waals surface area contributed by atoms with E-state index in [9.17, 15) is 4.79 Å². The van der Waals surface area contributed by atoms with Crippen LogP contribution in [0.1, 0.15) is 25.3 Å². The SMILES string of the molecule is C=CC(C)N(C(=O)n1cnc(-c2ccccc2)c1)C1CCN(Cc2ccccc2)CC1. The Morgan fingerprint density at radius 2 is 1.77 bits per heavy atom. The van der Waals surface area contributed by atoms with E-state index in [0.29, 0.717) is 0 Å². The van der Waals surface area contributed by atoms with Crippen molar-refractivity contribution in [3.8, 4) is 11.3 Å². The summed E-state index contributed by atoms with van der Waals surface area (Å²) in [6, 6.07) is 20.6. The van der Waals surface area contributed by atoms with Crippen LogP contribution in [-0.4, -0.2) is 50.6 Å². The number of hydrogen-bond donors (Lipinski definition) is 0. The van der Waals surface area contributed by atoms with Gasteiger partial charge in [-0.2, -0.15) is 0 Å². The van der Waals surface area contributed by atoms with Crippen LogP contribution >= 0.6 is 0 Å². The van der Waals surface area contributed by atoms with Gasteiger partial charge in [0, 0.05) is 43.5 Å². The predicted octanol–water partition coefficient (Wildman–Crippen LogP) is 5.06. The monoisotopic (exact) mass is 414 g/mol. The van der Waals surface area contributed by atoms with E-state index < -0.39 is 0 Å². The van der Waals surface area contributed by atoms with Gasteiger partial charge < -0.3 is 4.90 Å². The molecule has 0 spiro atoms. The van der Waals surface area contributed by atoms with E-state index in [4.69, 9.17) is 0 Å². The minimum absolute atomic E-state index is 0.0383. The number of rotatable bonds is 6. The molecule has 0 N–H and O–H groups in total. The summed E-state index contributed by atoms with van der Waals surface area (Å²) < 4.78 is 1.61. The van der Waals surface area contributed by atoms with E-state index in [1.54, 1.807) is 10.9 Å². The lowest BCUT2D eigenvalue weighted by molar-refractivity contribution is 0.107. The Hall–Kier alpha value is -3.18. The van der Waals surface area contributed by atoms with Crippen molar-refractivity contribution in [1.82, 2.24) is 19.4 Å². The smallest absolute Gasteiger partial charge is 0.315 e. The van der Waals surface area contributed by atoms with Gasteiger partial charge in [0.1, 0.15) is 6.33 Å². The van der Waals surface area contributed by atoms with Gasteiger partial charge in [0.15, 0.2) is 0 Å². The molecule has 1 saturated heterocycles. The number of aromatic nitrogens is 2. The summed E-state index contributed by atoms with van der Waals surface area (Å²) in [5.41, 5.74) is 3.14. The van der Waals surface area contributed by atoms with Crippen LogP contribution in [0.5, 0.6) is 0 Å². The van der Waals surface area contributed by atoms with Crippen molar-refractivity contribution in [1.29, 1.82) is 0 Å². The Labute approximate surface area is 184 Å². The summed E-state index contributed by atoms with van der Waals surface area (Å²) in [7, 11) is 0. The molecule has 1 atom stereocenters. The first-order valence-electron chi connectivity index (χ1n) is 11.0. The molecular formula is C26H30N4O. The average molecular weight is 415 g/mol. The third kappa shape index (κ3) is 4.94. The number of imidazole rings is 1. The highest BCUT2D eigenvalue weighted by molar-refractivity contribution is 5.79. The summed E-state index contributed by atoms with van der Waals surface area (Å²) in [6.45, 7) is 8.90. The second-order valence-electron chi connectivity index (χ2n) is 8.19. The van der Waals surface area contributed by atoms with Crippen molar-refractivity contribution in [2.45, 2.75) is 38.4 Å². The quantitative estimate of drug-likeness (QED) is 0.530. The Morgan fingerprint density at radius 3 is 2.42 bits per heavy atom.